The van der Waals surface area contributed by atoms with Gasteiger partial charge in [-0.15, -0.1) is 0 Å². The lowest BCUT2D eigenvalue weighted by Gasteiger charge is -2.34. The van der Waals surface area contributed by atoms with E-state index in [1.807, 2.05) is 12.1 Å². The third-order valence-corrected chi connectivity index (χ3v) is 4.36. The van der Waals surface area contributed by atoms with Crippen molar-refractivity contribution in [1.82, 2.24) is 15.2 Å². The minimum Gasteiger partial charge on any atom is -0.389 e. The van der Waals surface area contributed by atoms with Crippen LogP contribution in [0.2, 0.25) is 5.15 Å². The predicted molar refractivity (Wildman–Crippen MR) is 88.1 cm³/mol. The molecule has 0 bridgehead atoms. The molecule has 0 aliphatic carbocycles. The van der Waals surface area contributed by atoms with Crippen molar-refractivity contribution in [2.24, 2.45) is 0 Å². The summed E-state index contributed by atoms with van der Waals surface area (Å²) in [4.78, 5) is 6.32. The summed E-state index contributed by atoms with van der Waals surface area (Å²) in [6.07, 6.45) is 3.52. The normalized spacial score (nSPS) is 20.0. The lowest BCUT2D eigenvalue weighted by molar-refractivity contribution is 0.0308. The van der Waals surface area contributed by atoms with Gasteiger partial charge in [-0.25, -0.2) is 4.98 Å². The number of aliphatic hydroxyl groups excluding tert-OH is 1. The molecule has 1 aliphatic rings. The highest BCUT2D eigenvalue weighted by molar-refractivity contribution is 6.29. The van der Waals surface area contributed by atoms with E-state index < -0.39 is 6.10 Å². The van der Waals surface area contributed by atoms with Gasteiger partial charge in [-0.05, 0) is 50.6 Å². The number of piperidine rings is 1. The minimum atomic E-state index is -0.396. The van der Waals surface area contributed by atoms with E-state index in [1.54, 1.807) is 13.3 Å². The van der Waals surface area contributed by atoms with E-state index >= 15 is 0 Å². The first-order chi connectivity index (χ1) is 10.6. The number of halogens is 1. The first-order valence-electron chi connectivity index (χ1n) is 7.85. The monoisotopic (exact) mass is 327 g/mol. The van der Waals surface area contributed by atoms with Crippen molar-refractivity contribution in [3.8, 4) is 0 Å². The van der Waals surface area contributed by atoms with Gasteiger partial charge in [0.2, 0.25) is 0 Å². The van der Waals surface area contributed by atoms with E-state index in [2.05, 4.69) is 22.1 Å². The number of pyridine rings is 1. The third-order valence-electron chi connectivity index (χ3n) is 4.15. The zero-order valence-corrected chi connectivity index (χ0v) is 14.1. The van der Waals surface area contributed by atoms with Crippen LogP contribution >= 0.6 is 11.6 Å². The molecule has 1 aromatic rings. The largest absolute Gasteiger partial charge is 0.389 e. The van der Waals surface area contributed by atoms with Gasteiger partial charge in [-0.1, -0.05) is 11.6 Å². The summed E-state index contributed by atoms with van der Waals surface area (Å²) in [5.74, 6) is 0. The fraction of sp³-hybridized carbons (Fsp3) is 0.688. The zero-order chi connectivity index (χ0) is 15.9. The summed E-state index contributed by atoms with van der Waals surface area (Å²) in [6, 6.07) is 4.67. The second-order valence-electron chi connectivity index (χ2n) is 5.98. The molecule has 2 unspecified atom stereocenters. The van der Waals surface area contributed by atoms with Crippen molar-refractivity contribution in [3.05, 3.63) is 29.0 Å². The van der Waals surface area contributed by atoms with Crippen LogP contribution in [0.3, 0.4) is 0 Å². The van der Waals surface area contributed by atoms with E-state index in [0.29, 0.717) is 24.3 Å². The van der Waals surface area contributed by atoms with Gasteiger partial charge >= 0.3 is 0 Å². The molecule has 2 N–H and O–H groups in total. The maximum Gasteiger partial charge on any atom is 0.129 e. The molecule has 2 heterocycles. The fourth-order valence-corrected chi connectivity index (χ4v) is 3.14. The molecule has 1 aromatic heterocycles. The molecular formula is C16H26ClN3O2. The number of nitrogens with zero attached hydrogens (tertiary/aromatic N) is 2. The number of hydrogen-bond acceptors (Lipinski definition) is 5. The van der Waals surface area contributed by atoms with Crippen LogP contribution in [0, 0.1) is 0 Å². The van der Waals surface area contributed by atoms with Crippen molar-refractivity contribution in [2.45, 2.75) is 38.0 Å². The first kappa shape index (κ1) is 17.6. The maximum atomic E-state index is 9.79. The number of aromatic nitrogens is 1. The van der Waals surface area contributed by atoms with E-state index in [0.717, 1.165) is 31.5 Å². The Labute approximate surface area is 137 Å². The molecular weight excluding hydrogens is 302 g/mol. The minimum absolute atomic E-state index is 0.260. The van der Waals surface area contributed by atoms with Crippen LogP contribution in [0.25, 0.3) is 0 Å². The summed E-state index contributed by atoms with van der Waals surface area (Å²) < 4.78 is 4.97. The summed E-state index contributed by atoms with van der Waals surface area (Å²) >= 11 is 5.95. The van der Waals surface area contributed by atoms with Gasteiger partial charge in [0.1, 0.15) is 5.15 Å². The number of methoxy groups -OCH3 is 1. The molecule has 124 valence electrons. The Hall–Kier alpha value is -0.720. The van der Waals surface area contributed by atoms with Crippen LogP contribution in [0.15, 0.2) is 18.3 Å². The number of likely N-dealkylation sites (tertiary alicyclic amines) is 1. The molecule has 2 rings (SSSR count). The zero-order valence-electron chi connectivity index (χ0n) is 13.3. The first-order valence-corrected chi connectivity index (χ1v) is 8.23. The lowest BCUT2D eigenvalue weighted by atomic mass is 10.0. The summed E-state index contributed by atoms with van der Waals surface area (Å²) in [5.41, 5.74) is 1.16. The number of β-amino-alcohol motifs (C(OH)–C–C–N with tert-alkyl or cyclic N) is 1. The topological polar surface area (TPSA) is 57.6 Å². The molecule has 0 aromatic carbocycles. The Morgan fingerprint density at radius 3 is 2.86 bits per heavy atom. The van der Waals surface area contributed by atoms with Gasteiger partial charge in [0.05, 0.1) is 12.7 Å². The average Bonchev–Trinajstić information content (AvgIpc) is 2.49. The predicted octanol–water partition coefficient (Wildman–Crippen LogP) is 1.86. The summed E-state index contributed by atoms with van der Waals surface area (Å²) in [7, 11) is 1.62. The van der Waals surface area contributed by atoms with Gasteiger partial charge in [-0.3, -0.25) is 0 Å². The van der Waals surface area contributed by atoms with Crippen LogP contribution in [0.1, 0.15) is 31.4 Å². The van der Waals surface area contributed by atoms with Gasteiger partial charge in [0, 0.05) is 31.9 Å². The molecule has 6 heteroatoms. The van der Waals surface area contributed by atoms with Gasteiger partial charge in [0.25, 0.3) is 0 Å². The van der Waals surface area contributed by atoms with Crippen molar-refractivity contribution < 1.29 is 9.84 Å². The molecule has 1 fully saturated rings. The molecule has 5 nitrogen and oxygen atoms in total. The van der Waals surface area contributed by atoms with Crippen molar-refractivity contribution in [3.63, 3.8) is 0 Å². The number of ether oxygens (including phenoxy) is 1. The molecule has 1 aliphatic heterocycles. The SMILES string of the molecule is COCC(O)CN1CCC(NC(C)c2ccnc(Cl)c2)CC1. The number of nitrogens with one attached hydrogen (secondary N) is 1. The lowest BCUT2D eigenvalue weighted by Crippen LogP contribution is -2.46. The standard InChI is InChI=1S/C16H26ClN3O2/c1-12(13-3-6-18-16(17)9-13)19-14-4-7-20(8-5-14)10-15(21)11-22-2/h3,6,9,12,14-15,19,21H,4-5,7-8,10-11H2,1-2H3. The molecule has 0 amide bonds. The second kappa shape index (κ2) is 8.79. The Balaban J connectivity index is 1.75. The molecule has 1 saturated heterocycles. The van der Waals surface area contributed by atoms with E-state index in [-0.39, 0.29) is 6.04 Å². The Kier molecular flexibility index (Phi) is 7.05. The summed E-state index contributed by atoms with van der Waals surface area (Å²) in [5, 5.41) is 14.0. The average molecular weight is 328 g/mol. The highest BCUT2D eigenvalue weighted by atomic mass is 35.5. The third kappa shape index (κ3) is 5.48. The number of aliphatic hydroxyl groups is 1. The van der Waals surface area contributed by atoms with Gasteiger partial charge in [0.15, 0.2) is 0 Å². The number of hydrogen-bond donors (Lipinski definition) is 2. The van der Waals surface area contributed by atoms with E-state index in [4.69, 9.17) is 16.3 Å². The van der Waals surface area contributed by atoms with Crippen LogP contribution in [0.5, 0.6) is 0 Å². The van der Waals surface area contributed by atoms with Gasteiger partial charge in [-0.2, -0.15) is 0 Å². The van der Waals surface area contributed by atoms with Crippen molar-refractivity contribution in [1.29, 1.82) is 0 Å². The smallest absolute Gasteiger partial charge is 0.129 e. The molecule has 22 heavy (non-hydrogen) atoms. The van der Waals surface area contributed by atoms with Crippen LogP contribution < -0.4 is 5.32 Å². The fourth-order valence-electron chi connectivity index (χ4n) is 2.96. The van der Waals surface area contributed by atoms with Crippen LogP contribution in [0.4, 0.5) is 0 Å². The Bertz CT molecular complexity index is 453. The number of rotatable bonds is 7. The maximum absolute atomic E-state index is 9.79. The van der Waals surface area contributed by atoms with Crippen molar-refractivity contribution in [2.75, 3.05) is 33.4 Å². The second-order valence-corrected chi connectivity index (χ2v) is 6.37. The van der Waals surface area contributed by atoms with Crippen LogP contribution in [-0.2, 0) is 4.74 Å². The summed E-state index contributed by atoms with van der Waals surface area (Å²) in [6.45, 7) is 5.25. The highest BCUT2D eigenvalue weighted by Gasteiger charge is 2.22. The Morgan fingerprint density at radius 1 is 1.50 bits per heavy atom. The van der Waals surface area contributed by atoms with E-state index in [9.17, 15) is 5.11 Å². The molecule has 0 radical (unpaired) electrons. The highest BCUT2D eigenvalue weighted by Crippen LogP contribution is 2.19. The molecule has 0 spiro atoms. The quantitative estimate of drug-likeness (QED) is 0.749. The van der Waals surface area contributed by atoms with E-state index in [1.165, 1.54) is 0 Å². The van der Waals surface area contributed by atoms with Gasteiger partial charge < -0.3 is 20.1 Å². The van der Waals surface area contributed by atoms with Crippen molar-refractivity contribution >= 4 is 11.6 Å². The molecule has 2 atom stereocenters. The Morgan fingerprint density at radius 2 is 2.23 bits per heavy atom. The molecule has 0 saturated carbocycles. The van der Waals surface area contributed by atoms with Crippen LogP contribution in [-0.4, -0.2) is 60.5 Å².